The number of rotatable bonds is 4. The first-order valence-corrected chi connectivity index (χ1v) is 9.20. The molecular weight excluding hydrogens is 293 g/mol. The van der Waals surface area contributed by atoms with Gasteiger partial charge in [0.25, 0.3) is 0 Å². The lowest BCUT2D eigenvalue weighted by atomic mass is 9.76. The number of thiophene rings is 1. The molecule has 2 bridgehead atoms. The van der Waals surface area contributed by atoms with Crippen molar-refractivity contribution < 1.29 is 4.39 Å². The van der Waals surface area contributed by atoms with Gasteiger partial charge in [0.2, 0.25) is 0 Å². The predicted molar refractivity (Wildman–Crippen MR) is 91.9 cm³/mol. The minimum absolute atomic E-state index is 0.134. The zero-order valence-electron chi connectivity index (χ0n) is 13.0. The van der Waals surface area contributed by atoms with E-state index in [1.807, 2.05) is 6.07 Å². The van der Waals surface area contributed by atoms with E-state index in [-0.39, 0.29) is 5.82 Å². The fourth-order valence-electron chi connectivity index (χ4n) is 4.18. The van der Waals surface area contributed by atoms with Crippen molar-refractivity contribution >= 4 is 21.4 Å². The molecule has 3 unspecified atom stereocenters. The van der Waals surface area contributed by atoms with Crippen LogP contribution in [-0.2, 0) is 6.42 Å². The largest absolute Gasteiger partial charge is 0.296 e. The highest BCUT2D eigenvalue weighted by Crippen LogP contribution is 2.36. The molecule has 1 aromatic carbocycles. The van der Waals surface area contributed by atoms with Crippen LogP contribution in [0.5, 0.6) is 0 Å². The summed E-state index contributed by atoms with van der Waals surface area (Å²) >= 11 is 1.66. The molecule has 0 radical (unpaired) electrons. The molecular formula is C19H22FNS. The van der Waals surface area contributed by atoms with Gasteiger partial charge in [0, 0.05) is 23.8 Å². The Kier molecular flexibility index (Phi) is 3.79. The van der Waals surface area contributed by atoms with Gasteiger partial charge in [0.15, 0.2) is 0 Å². The molecule has 116 valence electrons. The standard InChI is InChI=1S/C19H22FNS/c1-2-14-9-13-3-6-18(14)21(11-13)8-7-15-12-22-19-10-16(20)4-5-17(15)19/h3-6,10,12-14,18H,2,7-9,11H2,1H3. The van der Waals surface area contributed by atoms with Crippen LogP contribution in [0.1, 0.15) is 25.3 Å². The summed E-state index contributed by atoms with van der Waals surface area (Å²) in [5.41, 5.74) is 1.37. The second-order valence-electron chi connectivity index (χ2n) is 6.69. The summed E-state index contributed by atoms with van der Waals surface area (Å²) in [4.78, 5) is 2.66. The Morgan fingerprint density at radius 2 is 2.23 bits per heavy atom. The molecule has 3 atom stereocenters. The van der Waals surface area contributed by atoms with Gasteiger partial charge in [0.05, 0.1) is 0 Å². The predicted octanol–water partition coefficient (Wildman–Crippen LogP) is 4.87. The molecule has 3 aliphatic rings. The Morgan fingerprint density at radius 3 is 3.05 bits per heavy atom. The lowest BCUT2D eigenvalue weighted by molar-refractivity contribution is 0.0826. The van der Waals surface area contributed by atoms with Crippen molar-refractivity contribution in [3.8, 4) is 0 Å². The van der Waals surface area contributed by atoms with Crippen molar-refractivity contribution in [1.29, 1.82) is 0 Å². The van der Waals surface area contributed by atoms with Crippen LogP contribution in [0.25, 0.3) is 10.1 Å². The van der Waals surface area contributed by atoms with E-state index in [1.165, 1.54) is 30.3 Å². The minimum Gasteiger partial charge on any atom is -0.296 e. The van der Waals surface area contributed by atoms with Gasteiger partial charge in [-0.2, -0.15) is 0 Å². The number of hydrogen-bond acceptors (Lipinski definition) is 2. The van der Waals surface area contributed by atoms with Gasteiger partial charge >= 0.3 is 0 Å². The summed E-state index contributed by atoms with van der Waals surface area (Å²) in [6.07, 6.45) is 8.58. The van der Waals surface area contributed by atoms with E-state index in [9.17, 15) is 4.39 Å². The summed E-state index contributed by atoms with van der Waals surface area (Å²) in [5, 5.41) is 3.44. The van der Waals surface area contributed by atoms with Crippen LogP contribution in [0.15, 0.2) is 35.7 Å². The molecule has 2 aromatic rings. The second kappa shape index (κ2) is 5.78. The maximum Gasteiger partial charge on any atom is 0.124 e. The fourth-order valence-corrected chi connectivity index (χ4v) is 5.20. The third-order valence-electron chi connectivity index (χ3n) is 5.37. The van der Waals surface area contributed by atoms with E-state index in [0.29, 0.717) is 6.04 Å². The number of hydrogen-bond donors (Lipinski definition) is 0. The monoisotopic (exact) mass is 315 g/mol. The smallest absolute Gasteiger partial charge is 0.124 e. The summed E-state index contributed by atoms with van der Waals surface area (Å²) in [5.74, 6) is 1.45. The number of benzene rings is 1. The van der Waals surface area contributed by atoms with Crippen molar-refractivity contribution in [3.63, 3.8) is 0 Å². The number of piperidine rings is 1. The van der Waals surface area contributed by atoms with Crippen LogP contribution < -0.4 is 0 Å². The van der Waals surface area contributed by atoms with Crippen molar-refractivity contribution in [2.45, 2.75) is 32.2 Å². The summed E-state index contributed by atoms with van der Waals surface area (Å²) in [6, 6.07) is 5.81. The highest BCUT2D eigenvalue weighted by atomic mass is 32.1. The van der Waals surface area contributed by atoms with E-state index in [2.05, 4.69) is 29.4 Å². The van der Waals surface area contributed by atoms with E-state index < -0.39 is 0 Å². The number of halogens is 1. The molecule has 0 amide bonds. The average molecular weight is 315 g/mol. The first-order chi connectivity index (χ1) is 10.7. The van der Waals surface area contributed by atoms with Crippen molar-refractivity contribution in [2.75, 3.05) is 13.1 Å². The van der Waals surface area contributed by atoms with Crippen molar-refractivity contribution in [1.82, 2.24) is 4.90 Å². The SMILES string of the molecule is CCC1CC2C=CC1N(CCc1csc3cc(F)ccc13)C2. The zero-order chi connectivity index (χ0) is 15.1. The molecule has 0 spiro atoms. The first-order valence-electron chi connectivity index (χ1n) is 8.32. The van der Waals surface area contributed by atoms with Gasteiger partial charge in [-0.05, 0) is 53.1 Å². The molecule has 1 nitrogen and oxygen atoms in total. The van der Waals surface area contributed by atoms with Gasteiger partial charge in [-0.1, -0.05) is 31.6 Å². The molecule has 0 N–H and O–H groups in total. The van der Waals surface area contributed by atoms with Gasteiger partial charge < -0.3 is 0 Å². The Labute approximate surface area is 135 Å². The Morgan fingerprint density at radius 1 is 1.32 bits per heavy atom. The van der Waals surface area contributed by atoms with Crippen LogP contribution in [0.4, 0.5) is 4.39 Å². The lowest BCUT2D eigenvalue weighted by Gasteiger charge is -2.46. The Bertz CT molecular complexity index is 705. The molecule has 3 heteroatoms. The van der Waals surface area contributed by atoms with Crippen LogP contribution in [0.2, 0.25) is 0 Å². The number of nitrogens with zero attached hydrogens (tertiary/aromatic N) is 1. The van der Waals surface area contributed by atoms with Crippen LogP contribution in [0.3, 0.4) is 0 Å². The minimum atomic E-state index is -0.134. The molecule has 1 fully saturated rings. The maximum absolute atomic E-state index is 13.3. The zero-order valence-corrected chi connectivity index (χ0v) is 13.8. The van der Waals surface area contributed by atoms with Crippen molar-refractivity contribution in [2.24, 2.45) is 11.8 Å². The molecule has 1 saturated heterocycles. The van der Waals surface area contributed by atoms with Gasteiger partial charge in [-0.25, -0.2) is 4.39 Å². The van der Waals surface area contributed by atoms with Crippen molar-refractivity contribution in [3.05, 3.63) is 47.1 Å². The first kappa shape index (κ1) is 14.4. The molecule has 5 rings (SSSR count). The van der Waals surface area contributed by atoms with Gasteiger partial charge in [-0.15, -0.1) is 11.3 Å². The summed E-state index contributed by atoms with van der Waals surface area (Å²) in [7, 11) is 0. The average Bonchev–Trinajstić information content (AvgIpc) is 2.95. The highest BCUT2D eigenvalue weighted by Gasteiger charge is 2.35. The van der Waals surface area contributed by atoms with E-state index in [0.717, 1.165) is 29.5 Å². The van der Waals surface area contributed by atoms with Gasteiger partial charge in [-0.3, -0.25) is 4.90 Å². The summed E-state index contributed by atoms with van der Waals surface area (Å²) < 4.78 is 14.4. The molecule has 1 aliphatic carbocycles. The molecule has 22 heavy (non-hydrogen) atoms. The topological polar surface area (TPSA) is 3.24 Å². The highest BCUT2D eigenvalue weighted by molar-refractivity contribution is 7.17. The Balaban J connectivity index is 1.49. The third kappa shape index (κ3) is 2.50. The lowest BCUT2D eigenvalue weighted by Crippen LogP contribution is -2.50. The summed E-state index contributed by atoms with van der Waals surface area (Å²) in [6.45, 7) is 4.65. The van der Waals surface area contributed by atoms with E-state index >= 15 is 0 Å². The van der Waals surface area contributed by atoms with Crippen LogP contribution in [0, 0.1) is 17.7 Å². The Hall–Kier alpha value is -1.19. The second-order valence-corrected chi connectivity index (χ2v) is 7.60. The quantitative estimate of drug-likeness (QED) is 0.728. The van der Waals surface area contributed by atoms with E-state index in [1.54, 1.807) is 23.5 Å². The fraction of sp³-hybridized carbons (Fsp3) is 0.474. The normalized spacial score (nSPS) is 27.8. The number of fused-ring (bicyclic) bond motifs is 3. The van der Waals surface area contributed by atoms with Crippen LogP contribution in [-0.4, -0.2) is 24.0 Å². The third-order valence-corrected chi connectivity index (χ3v) is 6.36. The molecule has 2 aliphatic heterocycles. The van der Waals surface area contributed by atoms with Crippen LogP contribution >= 0.6 is 11.3 Å². The molecule has 3 heterocycles. The van der Waals surface area contributed by atoms with Gasteiger partial charge in [0.1, 0.15) is 5.82 Å². The molecule has 1 aromatic heterocycles. The van der Waals surface area contributed by atoms with E-state index in [4.69, 9.17) is 0 Å². The maximum atomic E-state index is 13.3. The molecule has 0 saturated carbocycles.